The Kier molecular flexibility index (Phi) is 7.39. The minimum atomic E-state index is -0.379. The van der Waals surface area contributed by atoms with Crippen LogP contribution in [0.5, 0.6) is 17.4 Å². The van der Waals surface area contributed by atoms with Gasteiger partial charge in [0.15, 0.2) is 11.5 Å². The molecule has 0 spiro atoms. The molecule has 0 saturated carbocycles. The number of nitrogens with zero attached hydrogens (tertiary/aromatic N) is 4. The molecule has 3 heterocycles. The molecule has 1 aromatic heterocycles. The maximum Gasteiger partial charge on any atom is 0.256 e. The van der Waals surface area contributed by atoms with Crippen LogP contribution in [0.4, 0.5) is 10.1 Å². The van der Waals surface area contributed by atoms with Crippen molar-refractivity contribution in [3.8, 4) is 28.6 Å². The third kappa shape index (κ3) is 5.39. The first-order valence-corrected chi connectivity index (χ1v) is 12.6. The number of aliphatic imine (C=N–C) groups is 1. The quantitative estimate of drug-likeness (QED) is 0.394. The SMILES string of the molecule is COc1cc2c(cc1OCCCCOc1cc(-c3ccc(F)cc3)nc(C)n1)N=C(O)[C@@H]1CCCN1C2=O. The lowest BCUT2D eigenvalue weighted by Crippen LogP contribution is -2.39. The van der Waals surface area contributed by atoms with Crippen LogP contribution in [-0.2, 0) is 0 Å². The number of carbonyl (C=O) groups excluding carboxylic acids is 1. The topological polar surface area (TPSA) is 106 Å². The molecule has 1 fully saturated rings. The molecule has 0 radical (unpaired) electrons. The molecule has 0 aliphatic carbocycles. The summed E-state index contributed by atoms with van der Waals surface area (Å²) < 4.78 is 30.5. The van der Waals surface area contributed by atoms with Crippen molar-refractivity contribution in [3.05, 3.63) is 59.7 Å². The number of aliphatic hydroxyl groups excluding tert-OH is 1. The zero-order valence-electron chi connectivity index (χ0n) is 21.3. The maximum atomic E-state index is 13.2. The van der Waals surface area contributed by atoms with Crippen molar-refractivity contribution in [1.29, 1.82) is 0 Å². The predicted molar refractivity (Wildman–Crippen MR) is 139 cm³/mol. The van der Waals surface area contributed by atoms with E-state index >= 15 is 0 Å². The fourth-order valence-corrected chi connectivity index (χ4v) is 4.66. The fourth-order valence-electron chi connectivity index (χ4n) is 4.66. The largest absolute Gasteiger partial charge is 0.495 e. The summed E-state index contributed by atoms with van der Waals surface area (Å²) in [6.45, 7) is 3.18. The first kappa shape index (κ1) is 25.4. The molecule has 2 aromatic carbocycles. The smallest absolute Gasteiger partial charge is 0.256 e. The second-order valence-electron chi connectivity index (χ2n) is 9.20. The highest BCUT2D eigenvalue weighted by atomic mass is 19.1. The van der Waals surface area contributed by atoms with E-state index in [2.05, 4.69) is 15.0 Å². The van der Waals surface area contributed by atoms with Gasteiger partial charge in [0.1, 0.15) is 17.7 Å². The van der Waals surface area contributed by atoms with Crippen molar-refractivity contribution in [1.82, 2.24) is 14.9 Å². The molecule has 0 unspecified atom stereocenters. The number of hydrogen-bond acceptors (Lipinski definition) is 7. The van der Waals surface area contributed by atoms with Crippen LogP contribution < -0.4 is 14.2 Å². The van der Waals surface area contributed by atoms with Gasteiger partial charge in [-0.2, -0.15) is 4.98 Å². The van der Waals surface area contributed by atoms with Gasteiger partial charge in [0.05, 0.1) is 37.3 Å². The lowest BCUT2D eigenvalue weighted by molar-refractivity contribution is 0.0765. The number of carbonyl (C=O) groups is 1. The number of aliphatic hydroxyl groups is 1. The lowest BCUT2D eigenvalue weighted by atomic mass is 10.1. The summed E-state index contributed by atoms with van der Waals surface area (Å²) in [4.78, 5) is 27.8. The van der Waals surface area contributed by atoms with Gasteiger partial charge in [-0.3, -0.25) is 4.79 Å². The highest BCUT2D eigenvalue weighted by Gasteiger charge is 2.37. The number of rotatable bonds is 9. The summed E-state index contributed by atoms with van der Waals surface area (Å²) in [5, 5.41) is 10.5. The predicted octanol–water partition coefficient (Wildman–Crippen LogP) is 5.04. The minimum Gasteiger partial charge on any atom is -0.495 e. The summed E-state index contributed by atoms with van der Waals surface area (Å²) in [5.74, 6) is 1.38. The summed E-state index contributed by atoms with van der Waals surface area (Å²) in [6, 6.07) is 10.7. The Hall–Kier alpha value is -4.21. The highest BCUT2D eigenvalue weighted by molar-refractivity contribution is 6.05. The number of halogens is 1. The van der Waals surface area contributed by atoms with Crippen molar-refractivity contribution >= 4 is 17.5 Å². The van der Waals surface area contributed by atoms with Gasteiger partial charge in [-0.15, -0.1) is 0 Å². The number of aromatic nitrogens is 2. The van der Waals surface area contributed by atoms with Crippen LogP contribution in [0.25, 0.3) is 11.3 Å². The first-order valence-electron chi connectivity index (χ1n) is 12.6. The number of unbranched alkanes of at least 4 members (excludes halogenated alkanes) is 1. The molecular weight excluding hydrogens is 491 g/mol. The van der Waals surface area contributed by atoms with E-state index < -0.39 is 0 Å². The third-order valence-electron chi connectivity index (χ3n) is 6.56. The summed E-state index contributed by atoms with van der Waals surface area (Å²) in [6.07, 6.45) is 2.92. The molecular formula is C28H29FN4O5. The van der Waals surface area contributed by atoms with E-state index in [0.717, 1.165) is 12.0 Å². The van der Waals surface area contributed by atoms with E-state index in [4.69, 9.17) is 14.2 Å². The number of methoxy groups -OCH3 is 1. The van der Waals surface area contributed by atoms with Crippen molar-refractivity contribution < 1.29 is 28.5 Å². The molecule has 2 aliphatic heterocycles. The van der Waals surface area contributed by atoms with E-state index in [1.807, 2.05) is 0 Å². The lowest BCUT2D eigenvalue weighted by Gasteiger charge is -2.21. The van der Waals surface area contributed by atoms with Gasteiger partial charge in [-0.25, -0.2) is 14.4 Å². The van der Waals surface area contributed by atoms with Crippen LogP contribution in [0.15, 0.2) is 47.5 Å². The van der Waals surface area contributed by atoms with E-state index in [1.165, 1.54) is 19.2 Å². The molecule has 198 valence electrons. The molecule has 2 aliphatic rings. The van der Waals surface area contributed by atoms with Crippen molar-refractivity contribution in [2.45, 2.75) is 38.6 Å². The Balaban J connectivity index is 1.17. The minimum absolute atomic E-state index is 0.0505. The molecule has 3 aromatic rings. The van der Waals surface area contributed by atoms with Crippen molar-refractivity contribution in [2.75, 3.05) is 26.9 Å². The van der Waals surface area contributed by atoms with Crippen LogP contribution in [-0.4, -0.2) is 64.7 Å². The number of amides is 1. The molecule has 0 bridgehead atoms. The zero-order chi connectivity index (χ0) is 26.6. The summed E-state index contributed by atoms with van der Waals surface area (Å²) in [5.41, 5.74) is 2.21. The molecule has 1 atom stereocenters. The average Bonchev–Trinajstić information content (AvgIpc) is 3.38. The Bertz CT molecular complexity index is 1360. The first-order chi connectivity index (χ1) is 18.4. The second-order valence-corrected chi connectivity index (χ2v) is 9.20. The van der Waals surface area contributed by atoms with E-state index in [0.29, 0.717) is 79.2 Å². The number of ether oxygens (including phenoxy) is 3. The van der Waals surface area contributed by atoms with Crippen LogP contribution in [0.3, 0.4) is 0 Å². The maximum absolute atomic E-state index is 13.2. The van der Waals surface area contributed by atoms with Gasteiger partial charge < -0.3 is 24.2 Å². The van der Waals surface area contributed by atoms with Gasteiger partial charge in [0.2, 0.25) is 11.8 Å². The standard InChI is InChI=1S/C28H29FN4O5/c1-17-30-21(18-7-9-19(29)10-8-18)16-26(31-17)38-13-4-3-12-37-25-15-22-20(14-24(25)36-2)28(35)33-11-5-6-23(33)27(34)32-22/h7-10,14-16,23H,3-6,11-13H2,1-2H3,(H,32,34)/t23-/m0/s1. The van der Waals surface area contributed by atoms with Gasteiger partial charge in [-0.05, 0) is 62.9 Å². The number of hydrogen-bond donors (Lipinski definition) is 1. The Labute approximate surface area is 219 Å². The van der Waals surface area contributed by atoms with Crippen LogP contribution in [0, 0.1) is 12.7 Å². The van der Waals surface area contributed by atoms with E-state index in [-0.39, 0.29) is 23.7 Å². The molecule has 1 amide bonds. The van der Waals surface area contributed by atoms with Gasteiger partial charge >= 0.3 is 0 Å². The van der Waals surface area contributed by atoms with E-state index in [9.17, 15) is 14.3 Å². The fraction of sp³-hybridized carbons (Fsp3) is 0.357. The summed E-state index contributed by atoms with van der Waals surface area (Å²) >= 11 is 0. The Morgan fingerprint density at radius 2 is 1.82 bits per heavy atom. The number of fused-ring (bicyclic) bond motifs is 2. The molecule has 5 rings (SSSR count). The van der Waals surface area contributed by atoms with Crippen LogP contribution >= 0.6 is 0 Å². The highest BCUT2D eigenvalue weighted by Crippen LogP contribution is 2.38. The van der Waals surface area contributed by atoms with Crippen molar-refractivity contribution in [3.63, 3.8) is 0 Å². The average molecular weight is 521 g/mol. The molecule has 1 N–H and O–H groups in total. The Morgan fingerprint density at radius 1 is 1.05 bits per heavy atom. The van der Waals surface area contributed by atoms with Crippen molar-refractivity contribution in [2.24, 2.45) is 4.99 Å². The summed E-state index contributed by atoms with van der Waals surface area (Å²) in [7, 11) is 1.52. The Morgan fingerprint density at radius 3 is 2.58 bits per heavy atom. The van der Waals surface area contributed by atoms with E-state index in [1.54, 1.807) is 42.2 Å². The normalized spacial score (nSPS) is 16.4. The van der Waals surface area contributed by atoms with Gasteiger partial charge in [0.25, 0.3) is 5.91 Å². The molecule has 1 saturated heterocycles. The molecule has 38 heavy (non-hydrogen) atoms. The molecule has 10 heteroatoms. The van der Waals surface area contributed by atoms with Crippen LogP contribution in [0.1, 0.15) is 41.9 Å². The third-order valence-corrected chi connectivity index (χ3v) is 6.56. The monoisotopic (exact) mass is 520 g/mol. The number of benzene rings is 2. The second kappa shape index (κ2) is 11.0. The zero-order valence-corrected chi connectivity index (χ0v) is 21.3. The molecule has 9 nitrogen and oxygen atoms in total. The van der Waals surface area contributed by atoms with Crippen LogP contribution in [0.2, 0.25) is 0 Å². The number of aryl methyl sites for hydroxylation is 1. The van der Waals surface area contributed by atoms with Gasteiger partial charge in [-0.1, -0.05) is 0 Å². The van der Waals surface area contributed by atoms with Gasteiger partial charge in [0, 0.05) is 24.2 Å².